The first-order chi connectivity index (χ1) is 15.9. The Bertz CT molecular complexity index is 1000. The first kappa shape index (κ1) is 24.4. The van der Waals surface area contributed by atoms with Gasteiger partial charge in [-0.15, -0.1) is 0 Å². The summed E-state index contributed by atoms with van der Waals surface area (Å²) in [5, 5.41) is 0.593. The lowest BCUT2D eigenvalue weighted by atomic mass is 9.97. The van der Waals surface area contributed by atoms with Gasteiger partial charge in [0.1, 0.15) is 6.61 Å². The molecule has 0 saturated carbocycles. The average molecular weight is 476 g/mol. The van der Waals surface area contributed by atoms with Gasteiger partial charge in [0, 0.05) is 23.7 Å². The van der Waals surface area contributed by atoms with E-state index in [0.717, 1.165) is 5.56 Å². The van der Waals surface area contributed by atoms with Crippen LogP contribution in [0, 0.1) is 5.92 Å². The lowest BCUT2D eigenvalue weighted by molar-refractivity contribution is -0.149. The quantitative estimate of drug-likeness (QED) is 0.539. The summed E-state index contributed by atoms with van der Waals surface area (Å²) in [4.78, 5) is 38.0. The maximum atomic E-state index is 12.4. The van der Waals surface area contributed by atoms with Crippen molar-refractivity contribution in [1.29, 1.82) is 0 Å². The number of benzene rings is 2. The monoisotopic (exact) mass is 475 g/mol. The van der Waals surface area contributed by atoms with Crippen LogP contribution in [-0.4, -0.2) is 56.7 Å². The Morgan fingerprint density at radius 2 is 1.76 bits per heavy atom. The molecule has 33 heavy (non-hydrogen) atoms. The molecule has 2 aromatic rings. The molecule has 0 aromatic heterocycles. The first-order valence-corrected chi connectivity index (χ1v) is 10.9. The molecule has 0 atom stereocenters. The minimum absolute atomic E-state index is 0.201. The van der Waals surface area contributed by atoms with E-state index in [4.69, 9.17) is 30.5 Å². The number of nitrogens with zero attached hydrogens (tertiary/aromatic N) is 1. The fourth-order valence-corrected chi connectivity index (χ4v) is 3.71. The molecule has 0 radical (unpaired) electrons. The topological polar surface area (TPSA) is 91.4 Å². The van der Waals surface area contributed by atoms with Gasteiger partial charge in [0.15, 0.2) is 18.1 Å². The Morgan fingerprint density at radius 1 is 1.03 bits per heavy atom. The third-order valence-electron chi connectivity index (χ3n) is 5.45. The molecule has 1 aliphatic rings. The molecular formula is C24H26ClNO7. The summed E-state index contributed by atoms with van der Waals surface area (Å²) in [6.07, 6.45) is 1.05. The van der Waals surface area contributed by atoms with Crippen molar-refractivity contribution in [3.05, 3.63) is 58.6 Å². The number of likely N-dealkylation sites (tertiary alicyclic amines) is 1. The van der Waals surface area contributed by atoms with Gasteiger partial charge in [0.05, 0.1) is 25.7 Å². The molecule has 9 heteroatoms. The predicted molar refractivity (Wildman–Crippen MR) is 120 cm³/mol. The molecule has 1 fully saturated rings. The Morgan fingerprint density at radius 3 is 2.42 bits per heavy atom. The zero-order valence-electron chi connectivity index (χ0n) is 18.5. The first-order valence-electron chi connectivity index (χ1n) is 10.5. The highest BCUT2D eigenvalue weighted by atomic mass is 35.5. The van der Waals surface area contributed by atoms with Crippen LogP contribution in [0.3, 0.4) is 0 Å². The zero-order valence-corrected chi connectivity index (χ0v) is 19.3. The summed E-state index contributed by atoms with van der Waals surface area (Å²) in [7, 11) is 2.82. The van der Waals surface area contributed by atoms with E-state index in [1.54, 1.807) is 23.1 Å². The number of rotatable bonds is 8. The van der Waals surface area contributed by atoms with Gasteiger partial charge in [-0.3, -0.25) is 9.59 Å². The number of carbonyl (C=O) groups excluding carboxylic acids is 3. The molecule has 1 saturated heterocycles. The number of amides is 1. The molecule has 1 heterocycles. The molecule has 0 unspecified atom stereocenters. The smallest absolute Gasteiger partial charge is 0.338 e. The third kappa shape index (κ3) is 6.38. The molecule has 176 valence electrons. The summed E-state index contributed by atoms with van der Waals surface area (Å²) < 4.78 is 21.1. The molecule has 0 N–H and O–H groups in total. The zero-order chi connectivity index (χ0) is 23.8. The van der Waals surface area contributed by atoms with Crippen LogP contribution in [0.4, 0.5) is 0 Å². The standard InChI is InChI=1S/C24H26ClNO7/c1-30-21-13-17(7-8-20(21)32-14-18-5-3-4-6-19(18)25)24(29)33-15-22(27)26-11-9-16(10-12-26)23(28)31-2/h3-8,13,16H,9-12,14-15H2,1-2H3. The normalized spacial score (nSPS) is 13.8. The molecule has 0 bridgehead atoms. The molecule has 0 spiro atoms. The molecule has 0 aliphatic carbocycles. The van der Waals surface area contributed by atoms with Crippen LogP contribution in [0.2, 0.25) is 5.02 Å². The van der Waals surface area contributed by atoms with E-state index in [1.807, 2.05) is 18.2 Å². The molecule has 2 aromatic carbocycles. The van der Waals surface area contributed by atoms with Gasteiger partial charge in [-0.2, -0.15) is 0 Å². The van der Waals surface area contributed by atoms with Crippen molar-refractivity contribution < 1.29 is 33.3 Å². The van der Waals surface area contributed by atoms with Crippen LogP contribution in [0.1, 0.15) is 28.8 Å². The maximum Gasteiger partial charge on any atom is 0.338 e. The van der Waals surface area contributed by atoms with Gasteiger partial charge in [-0.25, -0.2) is 4.79 Å². The number of hydrogen-bond donors (Lipinski definition) is 0. The summed E-state index contributed by atoms with van der Waals surface area (Å²) in [5.41, 5.74) is 1.05. The minimum Gasteiger partial charge on any atom is -0.493 e. The van der Waals surface area contributed by atoms with Crippen molar-refractivity contribution in [3.8, 4) is 11.5 Å². The Balaban J connectivity index is 1.53. The van der Waals surface area contributed by atoms with Crippen molar-refractivity contribution in [2.75, 3.05) is 33.9 Å². The second-order valence-corrected chi connectivity index (χ2v) is 7.91. The molecule has 1 aliphatic heterocycles. The summed E-state index contributed by atoms with van der Waals surface area (Å²) >= 11 is 6.15. The van der Waals surface area contributed by atoms with E-state index in [1.165, 1.54) is 20.3 Å². The van der Waals surface area contributed by atoms with Crippen LogP contribution >= 0.6 is 11.6 Å². The van der Waals surface area contributed by atoms with Crippen LogP contribution in [0.15, 0.2) is 42.5 Å². The summed E-state index contributed by atoms with van der Waals surface area (Å²) in [6, 6.07) is 12.0. The Hall–Kier alpha value is -3.26. The van der Waals surface area contributed by atoms with Gasteiger partial charge >= 0.3 is 11.9 Å². The molecular weight excluding hydrogens is 450 g/mol. The van der Waals surface area contributed by atoms with Crippen LogP contribution < -0.4 is 9.47 Å². The fourth-order valence-electron chi connectivity index (χ4n) is 3.52. The van der Waals surface area contributed by atoms with E-state index in [9.17, 15) is 14.4 Å². The highest BCUT2D eigenvalue weighted by Gasteiger charge is 2.28. The summed E-state index contributed by atoms with van der Waals surface area (Å²) in [6.45, 7) is 0.693. The van der Waals surface area contributed by atoms with Crippen molar-refractivity contribution in [1.82, 2.24) is 4.90 Å². The second kappa shape index (κ2) is 11.6. The number of hydrogen-bond acceptors (Lipinski definition) is 7. The minimum atomic E-state index is -0.649. The molecule has 8 nitrogen and oxygen atoms in total. The van der Waals surface area contributed by atoms with Gasteiger partial charge in [0.2, 0.25) is 0 Å². The number of carbonyl (C=O) groups is 3. The molecule has 1 amide bonds. The number of methoxy groups -OCH3 is 2. The van der Waals surface area contributed by atoms with Crippen molar-refractivity contribution in [2.45, 2.75) is 19.4 Å². The van der Waals surface area contributed by atoms with Crippen molar-refractivity contribution in [3.63, 3.8) is 0 Å². The Kier molecular flexibility index (Phi) is 8.54. The van der Waals surface area contributed by atoms with Gasteiger partial charge < -0.3 is 23.8 Å². The number of esters is 2. The highest BCUT2D eigenvalue weighted by Crippen LogP contribution is 2.30. The predicted octanol–water partition coefficient (Wildman–Crippen LogP) is 3.50. The molecule has 3 rings (SSSR count). The number of halogens is 1. The number of piperidine rings is 1. The van der Waals surface area contributed by atoms with Gasteiger partial charge in [-0.05, 0) is 37.1 Å². The average Bonchev–Trinajstić information content (AvgIpc) is 2.86. The van der Waals surface area contributed by atoms with Gasteiger partial charge in [0.25, 0.3) is 5.91 Å². The lowest BCUT2D eigenvalue weighted by Gasteiger charge is -2.30. The third-order valence-corrected chi connectivity index (χ3v) is 5.82. The number of ether oxygens (including phenoxy) is 4. The van der Waals surface area contributed by atoms with Crippen LogP contribution in [0.5, 0.6) is 11.5 Å². The van der Waals surface area contributed by atoms with Gasteiger partial charge in [-0.1, -0.05) is 29.8 Å². The van der Waals surface area contributed by atoms with E-state index in [2.05, 4.69) is 0 Å². The van der Waals surface area contributed by atoms with Crippen molar-refractivity contribution in [2.24, 2.45) is 5.92 Å². The van der Waals surface area contributed by atoms with E-state index in [-0.39, 0.29) is 36.6 Å². The Labute approximate surface area is 197 Å². The van der Waals surface area contributed by atoms with E-state index >= 15 is 0 Å². The van der Waals surface area contributed by atoms with Crippen LogP contribution in [-0.2, 0) is 25.7 Å². The van der Waals surface area contributed by atoms with E-state index < -0.39 is 5.97 Å². The lowest BCUT2D eigenvalue weighted by Crippen LogP contribution is -2.42. The SMILES string of the molecule is COC(=O)C1CCN(C(=O)COC(=O)c2ccc(OCc3ccccc3Cl)c(OC)c2)CC1. The highest BCUT2D eigenvalue weighted by molar-refractivity contribution is 6.31. The van der Waals surface area contributed by atoms with Crippen molar-refractivity contribution >= 4 is 29.4 Å². The van der Waals surface area contributed by atoms with Crippen LogP contribution in [0.25, 0.3) is 0 Å². The maximum absolute atomic E-state index is 12.4. The summed E-state index contributed by atoms with van der Waals surface area (Å²) in [5.74, 6) is -0.622. The largest absolute Gasteiger partial charge is 0.493 e. The fraction of sp³-hybridized carbons (Fsp3) is 0.375. The van der Waals surface area contributed by atoms with E-state index in [0.29, 0.717) is 42.5 Å². The second-order valence-electron chi connectivity index (χ2n) is 7.50.